The van der Waals surface area contributed by atoms with Crippen molar-refractivity contribution >= 4 is 23.0 Å². The molecule has 0 saturated carbocycles. The Hall–Kier alpha value is -2.30. The number of carboxylic acid groups (broad SMARTS) is 1. The number of para-hydroxylation sites is 1. The Morgan fingerprint density at radius 1 is 1.33 bits per heavy atom. The molecular formula is C13H13NO4. The maximum Gasteiger partial charge on any atom is 0.416 e. The van der Waals surface area contributed by atoms with Gasteiger partial charge in [-0.3, -0.25) is 9.36 Å². The summed E-state index contributed by atoms with van der Waals surface area (Å²) in [6.07, 6.45) is 0.472. The van der Waals surface area contributed by atoms with E-state index in [4.69, 9.17) is 9.84 Å². The van der Waals surface area contributed by atoms with Gasteiger partial charge in [0.15, 0.2) is 0 Å². The van der Waals surface area contributed by atoms with Gasteiger partial charge in [-0.05, 0) is 18.6 Å². The number of ether oxygens (including phenoxy) is 1. The van der Waals surface area contributed by atoms with Gasteiger partial charge in [-0.15, -0.1) is 0 Å². The normalized spacial score (nSPS) is 10.5. The molecule has 94 valence electrons. The first-order valence-corrected chi connectivity index (χ1v) is 5.61. The Balaban J connectivity index is 2.45. The average molecular weight is 247 g/mol. The molecule has 1 heterocycles. The number of hydrogen-bond donors (Lipinski definition) is 1. The molecule has 0 saturated heterocycles. The van der Waals surface area contributed by atoms with Gasteiger partial charge < -0.3 is 9.84 Å². The molecule has 0 bridgehead atoms. The molecule has 1 N–H and O–H groups in total. The molecule has 2 aromatic rings. The van der Waals surface area contributed by atoms with E-state index < -0.39 is 6.09 Å². The van der Waals surface area contributed by atoms with E-state index in [2.05, 4.69) is 0 Å². The highest BCUT2D eigenvalue weighted by molar-refractivity contribution is 5.93. The number of fused-ring (bicyclic) bond motifs is 1. The predicted molar refractivity (Wildman–Crippen MR) is 65.7 cm³/mol. The number of carbonyl (C=O) groups excluding carboxylic acids is 1. The molecule has 0 spiro atoms. The van der Waals surface area contributed by atoms with Crippen LogP contribution in [-0.4, -0.2) is 28.3 Å². The zero-order valence-electron chi connectivity index (χ0n) is 9.92. The second-order valence-corrected chi connectivity index (χ2v) is 3.81. The highest BCUT2D eigenvalue weighted by atomic mass is 16.5. The highest BCUT2D eigenvalue weighted by Gasteiger charge is 2.14. The lowest BCUT2D eigenvalue weighted by atomic mass is 10.1. The Kier molecular flexibility index (Phi) is 3.32. The van der Waals surface area contributed by atoms with Crippen molar-refractivity contribution in [3.8, 4) is 0 Å². The quantitative estimate of drug-likeness (QED) is 0.845. The van der Waals surface area contributed by atoms with Gasteiger partial charge in [0.1, 0.15) is 0 Å². The monoisotopic (exact) mass is 247 g/mol. The third-order valence-corrected chi connectivity index (χ3v) is 2.64. The molecule has 0 aliphatic carbocycles. The Morgan fingerprint density at radius 2 is 2.06 bits per heavy atom. The van der Waals surface area contributed by atoms with Gasteiger partial charge in [0.25, 0.3) is 0 Å². The summed E-state index contributed by atoms with van der Waals surface area (Å²) in [5.41, 5.74) is 1.23. The summed E-state index contributed by atoms with van der Waals surface area (Å²) < 4.78 is 5.98. The van der Waals surface area contributed by atoms with Crippen LogP contribution in [0.4, 0.5) is 4.79 Å². The van der Waals surface area contributed by atoms with Gasteiger partial charge in [0.05, 0.1) is 18.5 Å². The van der Waals surface area contributed by atoms with Crippen LogP contribution >= 0.6 is 0 Å². The van der Waals surface area contributed by atoms with Crippen molar-refractivity contribution in [2.24, 2.45) is 0 Å². The van der Waals surface area contributed by atoms with E-state index in [0.29, 0.717) is 17.7 Å². The largest absolute Gasteiger partial charge is 0.466 e. The molecule has 5 nitrogen and oxygen atoms in total. The van der Waals surface area contributed by atoms with E-state index in [9.17, 15) is 9.59 Å². The standard InChI is InChI=1S/C13H13NO4/c1-2-18-12(15)7-9-8-14(13(16)17)11-6-4-3-5-10(9)11/h3-6,8H,2,7H2,1H3,(H,16,17). The van der Waals surface area contributed by atoms with Crippen molar-refractivity contribution < 1.29 is 19.4 Å². The minimum absolute atomic E-state index is 0.0780. The van der Waals surface area contributed by atoms with Gasteiger partial charge >= 0.3 is 12.1 Å². The molecule has 0 aliphatic rings. The van der Waals surface area contributed by atoms with Gasteiger partial charge in [-0.2, -0.15) is 0 Å². The second-order valence-electron chi connectivity index (χ2n) is 3.81. The van der Waals surface area contributed by atoms with Crippen molar-refractivity contribution in [3.05, 3.63) is 36.0 Å². The minimum Gasteiger partial charge on any atom is -0.466 e. The van der Waals surface area contributed by atoms with Crippen LogP contribution in [0, 0.1) is 0 Å². The summed E-state index contributed by atoms with van der Waals surface area (Å²) in [4.78, 5) is 22.5. The zero-order chi connectivity index (χ0) is 13.1. The van der Waals surface area contributed by atoms with Gasteiger partial charge in [0, 0.05) is 11.6 Å². The number of carbonyl (C=O) groups is 2. The van der Waals surface area contributed by atoms with Crippen LogP contribution in [0.5, 0.6) is 0 Å². The fraction of sp³-hybridized carbons (Fsp3) is 0.231. The van der Waals surface area contributed by atoms with Crippen molar-refractivity contribution in [1.82, 2.24) is 4.57 Å². The summed E-state index contributed by atoms with van der Waals surface area (Å²) in [6, 6.07) is 7.07. The van der Waals surface area contributed by atoms with Crippen molar-refractivity contribution in [3.63, 3.8) is 0 Å². The molecule has 0 amide bonds. The maximum atomic E-state index is 11.5. The summed E-state index contributed by atoms with van der Waals surface area (Å²) in [7, 11) is 0. The molecule has 0 radical (unpaired) electrons. The molecule has 0 atom stereocenters. The number of aromatic nitrogens is 1. The maximum absolute atomic E-state index is 11.5. The number of rotatable bonds is 3. The van der Waals surface area contributed by atoms with E-state index in [1.807, 2.05) is 6.07 Å². The van der Waals surface area contributed by atoms with E-state index in [1.165, 1.54) is 6.20 Å². The molecule has 1 aromatic heterocycles. The molecule has 18 heavy (non-hydrogen) atoms. The van der Waals surface area contributed by atoms with Gasteiger partial charge in [-0.1, -0.05) is 18.2 Å². The number of hydrogen-bond acceptors (Lipinski definition) is 3. The first kappa shape index (κ1) is 12.2. The second kappa shape index (κ2) is 4.91. The number of esters is 1. The lowest BCUT2D eigenvalue weighted by Gasteiger charge is -1.99. The van der Waals surface area contributed by atoms with Crippen LogP contribution in [-0.2, 0) is 16.0 Å². The van der Waals surface area contributed by atoms with E-state index in [0.717, 1.165) is 9.95 Å². The highest BCUT2D eigenvalue weighted by Crippen LogP contribution is 2.21. The third kappa shape index (κ3) is 2.20. The Bertz CT molecular complexity index is 600. The van der Waals surface area contributed by atoms with Crippen LogP contribution in [0.15, 0.2) is 30.5 Å². The van der Waals surface area contributed by atoms with Crippen LogP contribution in [0.1, 0.15) is 12.5 Å². The van der Waals surface area contributed by atoms with Crippen LogP contribution in [0.2, 0.25) is 0 Å². The first-order chi connectivity index (χ1) is 8.63. The van der Waals surface area contributed by atoms with Gasteiger partial charge in [-0.25, -0.2) is 4.79 Å². The summed E-state index contributed by atoms with van der Waals surface area (Å²) in [6.45, 7) is 2.05. The summed E-state index contributed by atoms with van der Waals surface area (Å²) in [5.74, 6) is -0.356. The molecule has 0 unspecified atom stereocenters. The molecular weight excluding hydrogens is 234 g/mol. The molecule has 5 heteroatoms. The Morgan fingerprint density at radius 3 is 2.72 bits per heavy atom. The van der Waals surface area contributed by atoms with E-state index in [-0.39, 0.29) is 12.4 Å². The van der Waals surface area contributed by atoms with Crippen molar-refractivity contribution in [2.75, 3.05) is 6.61 Å². The molecule has 0 fully saturated rings. The van der Waals surface area contributed by atoms with E-state index in [1.54, 1.807) is 25.1 Å². The number of benzene rings is 1. The zero-order valence-corrected chi connectivity index (χ0v) is 9.92. The summed E-state index contributed by atoms with van der Waals surface area (Å²) in [5, 5.41) is 9.84. The predicted octanol–water partition coefficient (Wildman–Crippen LogP) is 2.27. The lowest BCUT2D eigenvalue weighted by molar-refractivity contribution is -0.142. The SMILES string of the molecule is CCOC(=O)Cc1cn(C(=O)O)c2ccccc12. The van der Waals surface area contributed by atoms with Crippen molar-refractivity contribution in [1.29, 1.82) is 0 Å². The van der Waals surface area contributed by atoms with Crippen LogP contribution in [0.3, 0.4) is 0 Å². The van der Waals surface area contributed by atoms with E-state index >= 15 is 0 Å². The topological polar surface area (TPSA) is 68.5 Å². The molecule has 0 aliphatic heterocycles. The molecule has 1 aromatic carbocycles. The number of nitrogens with zero attached hydrogens (tertiary/aromatic N) is 1. The smallest absolute Gasteiger partial charge is 0.416 e. The van der Waals surface area contributed by atoms with Crippen LogP contribution < -0.4 is 0 Å². The average Bonchev–Trinajstić information content (AvgIpc) is 2.69. The van der Waals surface area contributed by atoms with Gasteiger partial charge in [0.2, 0.25) is 0 Å². The lowest BCUT2D eigenvalue weighted by Crippen LogP contribution is -2.08. The Labute approximate surface area is 104 Å². The fourth-order valence-electron chi connectivity index (χ4n) is 1.92. The third-order valence-electron chi connectivity index (χ3n) is 2.64. The van der Waals surface area contributed by atoms with Crippen LogP contribution in [0.25, 0.3) is 10.9 Å². The minimum atomic E-state index is -1.07. The summed E-state index contributed by atoms with van der Waals surface area (Å²) >= 11 is 0. The first-order valence-electron chi connectivity index (χ1n) is 5.61. The fourth-order valence-corrected chi connectivity index (χ4v) is 1.92. The van der Waals surface area contributed by atoms with Crippen molar-refractivity contribution in [2.45, 2.75) is 13.3 Å². The molecule has 2 rings (SSSR count).